The van der Waals surface area contributed by atoms with Gasteiger partial charge in [-0.15, -0.1) is 0 Å². The van der Waals surface area contributed by atoms with E-state index >= 15 is 0 Å². The van der Waals surface area contributed by atoms with E-state index in [9.17, 15) is 8.42 Å². The molecule has 0 saturated heterocycles. The minimum Gasteiger partial charge on any atom is -0.310 e. The van der Waals surface area contributed by atoms with Crippen molar-refractivity contribution in [2.24, 2.45) is 5.92 Å². The van der Waals surface area contributed by atoms with Gasteiger partial charge in [-0.3, -0.25) is 0 Å². The van der Waals surface area contributed by atoms with Crippen LogP contribution in [0.3, 0.4) is 0 Å². The number of hydrogen-bond acceptors (Lipinski definition) is 3. The lowest BCUT2D eigenvalue weighted by Gasteiger charge is -2.17. The fourth-order valence-electron chi connectivity index (χ4n) is 1.85. The van der Waals surface area contributed by atoms with Gasteiger partial charge in [-0.1, -0.05) is 35.0 Å². The summed E-state index contributed by atoms with van der Waals surface area (Å²) in [7, 11) is -2.89. The van der Waals surface area contributed by atoms with Gasteiger partial charge < -0.3 is 5.32 Å². The van der Waals surface area contributed by atoms with Gasteiger partial charge in [-0.25, -0.2) is 8.42 Å². The molecule has 0 radical (unpaired) electrons. The van der Waals surface area contributed by atoms with Crippen molar-refractivity contribution in [2.45, 2.75) is 19.9 Å². The van der Waals surface area contributed by atoms with Gasteiger partial charge in [-0.05, 0) is 37.1 Å². The predicted molar refractivity (Wildman–Crippen MR) is 79.4 cm³/mol. The number of nitrogens with one attached hydrogen (secondary N) is 1. The van der Waals surface area contributed by atoms with Crippen molar-refractivity contribution in [1.82, 2.24) is 5.32 Å². The molecule has 102 valence electrons. The Morgan fingerprint density at radius 3 is 2.56 bits per heavy atom. The maximum atomic E-state index is 11.2. The molecule has 0 saturated carbocycles. The minimum atomic E-state index is -2.89. The number of sulfone groups is 1. The highest BCUT2D eigenvalue weighted by atomic mass is 79.9. The van der Waals surface area contributed by atoms with Crippen LogP contribution in [0, 0.1) is 5.92 Å². The zero-order valence-electron chi connectivity index (χ0n) is 11.0. The predicted octanol–water partition coefficient (Wildman–Crippen LogP) is 2.78. The zero-order valence-corrected chi connectivity index (χ0v) is 13.4. The Morgan fingerprint density at radius 1 is 1.33 bits per heavy atom. The number of rotatable bonds is 6. The third-order valence-corrected chi connectivity index (χ3v) is 4.38. The molecule has 5 heteroatoms. The van der Waals surface area contributed by atoms with Crippen LogP contribution in [0.5, 0.6) is 0 Å². The third-order valence-electron chi connectivity index (χ3n) is 2.71. The summed E-state index contributed by atoms with van der Waals surface area (Å²) in [5.74, 6) is 0.347. The van der Waals surface area contributed by atoms with Crippen LogP contribution < -0.4 is 5.32 Å². The largest absolute Gasteiger partial charge is 0.310 e. The van der Waals surface area contributed by atoms with E-state index in [1.807, 2.05) is 19.1 Å². The van der Waals surface area contributed by atoms with Crippen LogP contribution in [0.4, 0.5) is 0 Å². The molecule has 0 heterocycles. The molecule has 0 aromatic heterocycles. The molecule has 1 aromatic rings. The molecule has 0 aliphatic heterocycles. The van der Waals surface area contributed by atoms with Crippen molar-refractivity contribution in [3.05, 3.63) is 34.3 Å². The summed E-state index contributed by atoms with van der Waals surface area (Å²) in [4.78, 5) is 0. The first-order valence-corrected chi connectivity index (χ1v) is 8.80. The normalized spacial score (nSPS) is 15.3. The van der Waals surface area contributed by atoms with Crippen LogP contribution in [0.1, 0.15) is 25.5 Å². The lowest BCUT2D eigenvalue weighted by atomic mass is 10.1. The molecule has 18 heavy (non-hydrogen) atoms. The highest BCUT2D eigenvalue weighted by molar-refractivity contribution is 9.10. The molecular formula is C13H20BrNO2S. The second-order valence-electron chi connectivity index (χ2n) is 4.88. The summed E-state index contributed by atoms with van der Waals surface area (Å²) < 4.78 is 23.4. The molecule has 1 rings (SSSR count). The van der Waals surface area contributed by atoms with Crippen molar-refractivity contribution < 1.29 is 8.42 Å². The van der Waals surface area contributed by atoms with Crippen LogP contribution in [0.2, 0.25) is 0 Å². The average molecular weight is 334 g/mol. The Bertz CT molecular complexity index is 488. The minimum absolute atomic E-state index is 0.120. The van der Waals surface area contributed by atoms with Crippen LogP contribution in [0.15, 0.2) is 28.7 Å². The molecule has 0 fully saturated rings. The van der Waals surface area contributed by atoms with Crippen LogP contribution in [-0.2, 0) is 9.84 Å². The first kappa shape index (κ1) is 15.7. The highest BCUT2D eigenvalue weighted by Gasteiger charge is 2.12. The molecule has 0 spiro atoms. The second kappa shape index (κ2) is 6.68. The van der Waals surface area contributed by atoms with Crippen molar-refractivity contribution in [2.75, 3.05) is 18.6 Å². The van der Waals surface area contributed by atoms with Gasteiger partial charge in [0, 0.05) is 16.8 Å². The first-order valence-electron chi connectivity index (χ1n) is 5.94. The molecule has 2 atom stereocenters. The van der Waals surface area contributed by atoms with Gasteiger partial charge in [0.05, 0.1) is 5.75 Å². The van der Waals surface area contributed by atoms with E-state index in [4.69, 9.17) is 0 Å². The van der Waals surface area contributed by atoms with E-state index in [0.717, 1.165) is 4.47 Å². The fourth-order valence-corrected chi connectivity index (χ4v) is 3.42. The highest BCUT2D eigenvalue weighted by Crippen LogP contribution is 2.18. The van der Waals surface area contributed by atoms with E-state index in [1.54, 1.807) is 0 Å². The maximum Gasteiger partial charge on any atom is 0.147 e. The van der Waals surface area contributed by atoms with Gasteiger partial charge >= 0.3 is 0 Å². The Kier molecular flexibility index (Phi) is 5.82. The van der Waals surface area contributed by atoms with Crippen molar-refractivity contribution >= 4 is 25.8 Å². The monoisotopic (exact) mass is 333 g/mol. The molecule has 3 nitrogen and oxygen atoms in total. The van der Waals surface area contributed by atoms with Crippen LogP contribution in [0.25, 0.3) is 0 Å². The zero-order chi connectivity index (χ0) is 13.8. The quantitative estimate of drug-likeness (QED) is 0.870. The number of benzene rings is 1. The third kappa shape index (κ3) is 5.98. The van der Waals surface area contributed by atoms with E-state index in [0.29, 0.717) is 6.54 Å². The van der Waals surface area contributed by atoms with Gasteiger partial charge in [0.2, 0.25) is 0 Å². The van der Waals surface area contributed by atoms with E-state index < -0.39 is 9.84 Å². The Morgan fingerprint density at radius 2 is 2.00 bits per heavy atom. The molecule has 1 N–H and O–H groups in total. The molecule has 0 bridgehead atoms. The topological polar surface area (TPSA) is 46.2 Å². The lowest BCUT2D eigenvalue weighted by Crippen LogP contribution is -2.28. The summed E-state index contributed by atoms with van der Waals surface area (Å²) in [6.07, 6.45) is 1.28. The summed E-state index contributed by atoms with van der Waals surface area (Å²) in [5.41, 5.74) is 1.19. The number of hydrogen-bond donors (Lipinski definition) is 1. The van der Waals surface area contributed by atoms with Crippen LogP contribution in [-0.4, -0.2) is 27.0 Å². The molecule has 0 aliphatic carbocycles. The van der Waals surface area contributed by atoms with Crippen molar-refractivity contribution in [3.63, 3.8) is 0 Å². The van der Waals surface area contributed by atoms with Crippen molar-refractivity contribution in [3.8, 4) is 0 Å². The van der Waals surface area contributed by atoms with E-state index in [2.05, 4.69) is 40.3 Å². The van der Waals surface area contributed by atoms with Gasteiger partial charge in [-0.2, -0.15) is 0 Å². The van der Waals surface area contributed by atoms with Gasteiger partial charge in [0.25, 0.3) is 0 Å². The summed E-state index contributed by atoms with van der Waals surface area (Å²) in [6, 6.07) is 8.33. The molecular weight excluding hydrogens is 314 g/mol. The SMILES string of the molecule is C[C@H](CN[C@H](C)c1cccc(Br)c1)CS(C)(=O)=O. The fraction of sp³-hybridized carbons (Fsp3) is 0.538. The molecule has 0 amide bonds. The second-order valence-corrected chi connectivity index (χ2v) is 7.98. The lowest BCUT2D eigenvalue weighted by molar-refractivity contribution is 0.491. The summed E-state index contributed by atoms with van der Waals surface area (Å²) in [6.45, 7) is 4.72. The Balaban J connectivity index is 2.49. The van der Waals surface area contributed by atoms with Gasteiger partial charge in [0.1, 0.15) is 9.84 Å². The Hall–Kier alpha value is -0.390. The summed E-state index contributed by atoms with van der Waals surface area (Å²) in [5, 5.41) is 3.36. The van der Waals surface area contributed by atoms with Crippen molar-refractivity contribution in [1.29, 1.82) is 0 Å². The van der Waals surface area contributed by atoms with Crippen LogP contribution >= 0.6 is 15.9 Å². The van der Waals surface area contributed by atoms with E-state index in [1.165, 1.54) is 11.8 Å². The first-order chi connectivity index (χ1) is 8.28. The standard InChI is InChI=1S/C13H20BrNO2S/c1-10(9-18(3,16)17)8-15-11(2)12-5-4-6-13(14)7-12/h4-7,10-11,15H,8-9H2,1-3H3/t10-,11-/m1/s1. The van der Waals surface area contributed by atoms with Gasteiger partial charge in [0.15, 0.2) is 0 Å². The molecule has 0 unspecified atom stereocenters. The molecule has 0 aliphatic rings. The summed E-state index contributed by atoms with van der Waals surface area (Å²) >= 11 is 3.44. The molecule has 1 aromatic carbocycles. The van der Waals surface area contributed by atoms with E-state index in [-0.39, 0.29) is 17.7 Å². The maximum absolute atomic E-state index is 11.2. The smallest absolute Gasteiger partial charge is 0.147 e. The number of halogens is 1. The Labute approximate surface area is 118 Å². The average Bonchev–Trinajstić information content (AvgIpc) is 2.23.